The smallest absolute Gasteiger partial charge is 0.261 e. The minimum absolute atomic E-state index is 0.0295. The van der Waals surface area contributed by atoms with Gasteiger partial charge >= 0.3 is 0 Å². The summed E-state index contributed by atoms with van der Waals surface area (Å²) < 4.78 is 18.0. The van der Waals surface area contributed by atoms with Crippen LogP contribution in [-0.2, 0) is 13.9 Å². The molecule has 2 atom stereocenters. The first kappa shape index (κ1) is 25.8. The number of rotatable bonds is 13. The van der Waals surface area contributed by atoms with Crippen LogP contribution in [0.4, 0.5) is 0 Å². The number of aliphatic hydroxyl groups is 1. The van der Waals surface area contributed by atoms with Gasteiger partial charge in [0.15, 0.2) is 0 Å². The predicted molar refractivity (Wildman–Crippen MR) is 130 cm³/mol. The summed E-state index contributed by atoms with van der Waals surface area (Å²) in [6, 6.07) is 21.5. The molecule has 2 aromatic carbocycles. The minimum atomic E-state index is -2.52. The van der Waals surface area contributed by atoms with E-state index in [2.05, 4.69) is 88.4 Å². The van der Waals surface area contributed by atoms with E-state index in [1.54, 1.807) is 7.11 Å². The Labute approximate surface area is 189 Å². The van der Waals surface area contributed by atoms with E-state index in [-0.39, 0.29) is 24.5 Å². The lowest BCUT2D eigenvalue weighted by atomic mass is 10.0. The molecule has 172 valence electrons. The van der Waals surface area contributed by atoms with E-state index < -0.39 is 8.32 Å². The normalized spacial score (nSPS) is 14.4. The Balaban J connectivity index is 2.27. The summed E-state index contributed by atoms with van der Waals surface area (Å²) in [5, 5.41) is 11.8. The maximum Gasteiger partial charge on any atom is 0.261 e. The Morgan fingerprint density at radius 2 is 1.48 bits per heavy atom. The van der Waals surface area contributed by atoms with Gasteiger partial charge in [0.2, 0.25) is 0 Å². The monoisotopic (exact) mass is 444 g/mol. The fourth-order valence-corrected chi connectivity index (χ4v) is 8.99. The number of benzene rings is 2. The lowest BCUT2D eigenvalue weighted by molar-refractivity contribution is -0.0829. The maximum absolute atomic E-state index is 9.22. The first-order valence-corrected chi connectivity index (χ1v) is 13.2. The number of aliphatic hydroxyl groups excluding tert-OH is 1. The molecule has 0 radical (unpaired) electrons. The van der Waals surface area contributed by atoms with E-state index in [0.717, 1.165) is 19.3 Å². The van der Waals surface area contributed by atoms with Crippen LogP contribution in [0.25, 0.3) is 0 Å². The first-order valence-electron chi connectivity index (χ1n) is 11.3. The molecule has 5 heteroatoms. The quantitative estimate of drug-likeness (QED) is 0.369. The average Bonchev–Trinajstić information content (AvgIpc) is 2.76. The van der Waals surface area contributed by atoms with Crippen molar-refractivity contribution in [1.29, 1.82) is 0 Å². The van der Waals surface area contributed by atoms with Gasteiger partial charge in [-0.25, -0.2) is 0 Å². The third kappa shape index (κ3) is 6.99. The van der Waals surface area contributed by atoms with E-state index in [0.29, 0.717) is 12.5 Å². The highest BCUT2D eigenvalue weighted by Gasteiger charge is 2.50. The van der Waals surface area contributed by atoms with Crippen LogP contribution in [0.2, 0.25) is 5.04 Å². The summed E-state index contributed by atoms with van der Waals surface area (Å²) in [4.78, 5) is 0. The lowest BCUT2D eigenvalue weighted by Crippen LogP contribution is -2.66. The predicted octanol–water partition coefficient (Wildman–Crippen LogP) is 4.35. The van der Waals surface area contributed by atoms with E-state index in [1.807, 2.05) is 0 Å². The van der Waals surface area contributed by atoms with Gasteiger partial charge < -0.3 is 19.0 Å². The molecule has 4 nitrogen and oxygen atoms in total. The highest BCUT2D eigenvalue weighted by atomic mass is 28.4. The van der Waals surface area contributed by atoms with Crippen molar-refractivity contribution in [2.24, 2.45) is 5.92 Å². The molecule has 0 amide bonds. The second-order valence-corrected chi connectivity index (χ2v) is 13.7. The topological polar surface area (TPSA) is 47.9 Å². The molecule has 0 heterocycles. The summed E-state index contributed by atoms with van der Waals surface area (Å²) in [6.45, 7) is 10.2. The second kappa shape index (κ2) is 12.5. The van der Waals surface area contributed by atoms with Gasteiger partial charge in [-0.15, -0.1) is 0 Å². The van der Waals surface area contributed by atoms with Crippen molar-refractivity contribution in [3.8, 4) is 0 Å². The summed E-state index contributed by atoms with van der Waals surface area (Å²) >= 11 is 0. The molecule has 0 aliphatic heterocycles. The van der Waals surface area contributed by atoms with Gasteiger partial charge in [0.1, 0.15) is 6.79 Å². The lowest BCUT2D eigenvalue weighted by Gasteiger charge is -2.43. The summed E-state index contributed by atoms with van der Waals surface area (Å²) in [5.74, 6) is 0.321. The molecule has 1 N–H and O–H groups in total. The van der Waals surface area contributed by atoms with Gasteiger partial charge in [0.05, 0.1) is 6.10 Å². The van der Waals surface area contributed by atoms with Crippen molar-refractivity contribution in [2.75, 3.05) is 27.1 Å². The van der Waals surface area contributed by atoms with Gasteiger partial charge in [-0.2, -0.15) is 0 Å². The molecule has 2 rings (SSSR count). The van der Waals surface area contributed by atoms with Crippen LogP contribution < -0.4 is 10.4 Å². The van der Waals surface area contributed by atoms with Gasteiger partial charge in [0, 0.05) is 20.3 Å². The fraction of sp³-hybridized carbons (Fsp3) is 0.538. The van der Waals surface area contributed by atoms with Crippen LogP contribution in [0.3, 0.4) is 0 Å². The van der Waals surface area contributed by atoms with Crippen molar-refractivity contribution in [1.82, 2.24) is 0 Å². The molecule has 0 aromatic heterocycles. The Hall–Kier alpha value is -1.50. The van der Waals surface area contributed by atoms with Gasteiger partial charge in [-0.3, -0.25) is 0 Å². The molecule has 0 saturated heterocycles. The molecule has 0 saturated carbocycles. The molecule has 0 bridgehead atoms. The molecule has 0 unspecified atom stereocenters. The second-order valence-electron chi connectivity index (χ2n) is 9.38. The maximum atomic E-state index is 9.22. The average molecular weight is 445 g/mol. The Bertz CT molecular complexity index is 683. The molecular formula is C26H40O4Si. The molecule has 0 spiro atoms. The van der Waals surface area contributed by atoms with Crippen LogP contribution in [-0.4, -0.2) is 46.6 Å². The van der Waals surface area contributed by atoms with Crippen LogP contribution in [0.1, 0.15) is 47.0 Å². The Kier molecular flexibility index (Phi) is 10.4. The first-order chi connectivity index (χ1) is 14.8. The van der Waals surface area contributed by atoms with Gasteiger partial charge in [0.25, 0.3) is 8.32 Å². The van der Waals surface area contributed by atoms with E-state index in [4.69, 9.17) is 13.9 Å². The molecule has 0 fully saturated rings. The number of methoxy groups -OCH3 is 1. The van der Waals surface area contributed by atoms with Crippen LogP contribution >= 0.6 is 0 Å². The zero-order chi connectivity index (χ0) is 22.7. The van der Waals surface area contributed by atoms with E-state index in [1.165, 1.54) is 10.4 Å². The summed E-state index contributed by atoms with van der Waals surface area (Å²) in [6.07, 6.45) is 2.49. The van der Waals surface area contributed by atoms with E-state index >= 15 is 0 Å². The molecular weight excluding hydrogens is 404 g/mol. The van der Waals surface area contributed by atoms with Crippen molar-refractivity contribution in [3.63, 3.8) is 0 Å². The van der Waals surface area contributed by atoms with Crippen LogP contribution in [0.5, 0.6) is 0 Å². The van der Waals surface area contributed by atoms with E-state index in [9.17, 15) is 5.11 Å². The molecule has 31 heavy (non-hydrogen) atoms. The largest absolute Gasteiger partial charge is 0.407 e. The number of hydrogen-bond donors (Lipinski definition) is 1. The standard InChI is InChI=1S/C26H40O4Si/c1-22(19-23(13-12-18-27)29-21-28-5)20-30-31(26(2,3)4,24-14-8-6-9-15-24)25-16-10-7-11-17-25/h6-11,14-17,22-23,27H,12-13,18-21H2,1-5H3/t22-,23-/m1/s1. The highest BCUT2D eigenvalue weighted by Crippen LogP contribution is 2.37. The Morgan fingerprint density at radius 1 is 0.935 bits per heavy atom. The van der Waals surface area contributed by atoms with Gasteiger partial charge in [-0.05, 0) is 40.6 Å². The number of hydrogen-bond acceptors (Lipinski definition) is 4. The van der Waals surface area contributed by atoms with Crippen molar-refractivity contribution in [2.45, 2.75) is 58.1 Å². The van der Waals surface area contributed by atoms with Crippen molar-refractivity contribution in [3.05, 3.63) is 60.7 Å². The van der Waals surface area contributed by atoms with Crippen LogP contribution in [0.15, 0.2) is 60.7 Å². The summed E-state index contributed by atoms with van der Waals surface area (Å²) in [7, 11) is -0.882. The zero-order valence-corrected chi connectivity index (χ0v) is 20.8. The SMILES string of the molecule is COCO[C@H](CCCO)C[C@@H](C)CO[Si](c1ccccc1)(c1ccccc1)C(C)(C)C. The Morgan fingerprint density at radius 3 is 1.94 bits per heavy atom. The molecule has 0 aliphatic carbocycles. The third-order valence-corrected chi connectivity index (χ3v) is 10.8. The zero-order valence-electron chi connectivity index (χ0n) is 19.8. The van der Waals surface area contributed by atoms with Gasteiger partial charge in [-0.1, -0.05) is 88.4 Å². The minimum Gasteiger partial charge on any atom is -0.407 e. The summed E-state index contributed by atoms with van der Waals surface area (Å²) in [5.41, 5.74) is 0. The molecule has 2 aromatic rings. The fourth-order valence-electron chi connectivity index (χ4n) is 4.30. The molecule has 0 aliphatic rings. The van der Waals surface area contributed by atoms with Crippen LogP contribution in [0, 0.1) is 5.92 Å². The number of ether oxygens (including phenoxy) is 2. The van der Waals surface area contributed by atoms with Crippen molar-refractivity contribution < 1.29 is 19.0 Å². The third-order valence-electron chi connectivity index (χ3n) is 5.77. The highest BCUT2D eigenvalue weighted by molar-refractivity contribution is 6.99. The van der Waals surface area contributed by atoms with Crippen molar-refractivity contribution >= 4 is 18.7 Å².